The molecule has 2 heterocycles. The number of nitro groups is 1. The first-order valence-electron chi connectivity index (χ1n) is 8.47. The first kappa shape index (κ1) is 20.1. The molecule has 0 bridgehead atoms. The van der Waals surface area contributed by atoms with Gasteiger partial charge in [-0.3, -0.25) is 10.1 Å². The zero-order valence-corrected chi connectivity index (χ0v) is 16.9. The molecule has 3 rings (SSSR count). The molecule has 0 radical (unpaired) electrons. The van der Waals surface area contributed by atoms with E-state index in [0.717, 1.165) is 0 Å². The van der Waals surface area contributed by atoms with E-state index >= 15 is 0 Å². The lowest BCUT2D eigenvalue weighted by molar-refractivity contribution is -0.385. The van der Waals surface area contributed by atoms with Crippen molar-refractivity contribution in [3.05, 3.63) is 67.5 Å². The first-order chi connectivity index (χ1) is 13.3. The summed E-state index contributed by atoms with van der Waals surface area (Å²) in [5, 5.41) is 16.0. The van der Waals surface area contributed by atoms with Gasteiger partial charge in [-0.1, -0.05) is 48.3 Å². The van der Waals surface area contributed by atoms with Crippen LogP contribution < -0.4 is 4.74 Å². The summed E-state index contributed by atoms with van der Waals surface area (Å²) in [6.07, 6.45) is 0. The molecule has 1 aromatic carbocycles. The van der Waals surface area contributed by atoms with Crippen LogP contribution in [0, 0.1) is 17.0 Å². The number of ether oxygens (including phenoxy) is 1. The summed E-state index contributed by atoms with van der Waals surface area (Å²) < 4.78 is 11.3. The number of rotatable bonds is 6. The predicted molar refractivity (Wildman–Crippen MR) is 106 cm³/mol. The van der Waals surface area contributed by atoms with E-state index in [0.29, 0.717) is 32.6 Å². The van der Waals surface area contributed by atoms with Crippen LogP contribution in [0.25, 0.3) is 11.3 Å². The molecule has 0 amide bonds. The average molecular weight is 422 g/mol. The van der Waals surface area contributed by atoms with Gasteiger partial charge in [0.1, 0.15) is 23.8 Å². The van der Waals surface area contributed by atoms with Gasteiger partial charge in [0.25, 0.3) is 5.69 Å². The van der Waals surface area contributed by atoms with Crippen LogP contribution in [-0.2, 0) is 6.61 Å². The summed E-state index contributed by atoms with van der Waals surface area (Å²) in [4.78, 5) is 14.6. The van der Waals surface area contributed by atoms with Crippen LogP contribution in [-0.4, -0.2) is 15.1 Å². The number of halogens is 2. The molecule has 0 atom stereocenters. The Balaban J connectivity index is 1.97. The van der Waals surface area contributed by atoms with E-state index in [9.17, 15) is 10.1 Å². The monoisotopic (exact) mass is 421 g/mol. The number of pyridine rings is 1. The third-order valence-corrected chi connectivity index (χ3v) is 4.77. The van der Waals surface area contributed by atoms with Crippen molar-refractivity contribution < 1.29 is 14.2 Å². The summed E-state index contributed by atoms with van der Waals surface area (Å²) in [7, 11) is 0. The highest BCUT2D eigenvalue weighted by molar-refractivity contribution is 6.39. The van der Waals surface area contributed by atoms with Crippen LogP contribution >= 0.6 is 23.2 Å². The predicted octanol–water partition coefficient (Wildman–Crippen LogP) is 5.96. The molecule has 0 aliphatic rings. The number of hydrogen-bond donors (Lipinski definition) is 0. The van der Waals surface area contributed by atoms with Gasteiger partial charge in [-0.2, -0.15) is 0 Å². The molecule has 146 valence electrons. The first-order valence-corrected chi connectivity index (χ1v) is 9.22. The van der Waals surface area contributed by atoms with Crippen LogP contribution in [0.15, 0.2) is 34.9 Å². The minimum Gasteiger partial charge on any atom is -0.473 e. The molecule has 0 saturated heterocycles. The molecule has 0 N–H and O–H groups in total. The fourth-order valence-electron chi connectivity index (χ4n) is 2.79. The Morgan fingerprint density at radius 1 is 1.21 bits per heavy atom. The van der Waals surface area contributed by atoms with Crippen LogP contribution in [0.3, 0.4) is 0 Å². The van der Waals surface area contributed by atoms with Gasteiger partial charge in [-0.15, -0.1) is 0 Å². The minimum absolute atomic E-state index is 0.0488. The summed E-state index contributed by atoms with van der Waals surface area (Å²) >= 11 is 12.7. The Kier molecular flexibility index (Phi) is 5.86. The van der Waals surface area contributed by atoms with E-state index < -0.39 is 4.92 Å². The van der Waals surface area contributed by atoms with Crippen molar-refractivity contribution in [3.8, 4) is 17.1 Å². The van der Waals surface area contributed by atoms with E-state index in [1.165, 1.54) is 12.1 Å². The Morgan fingerprint density at radius 3 is 2.46 bits per heavy atom. The van der Waals surface area contributed by atoms with Crippen molar-refractivity contribution in [2.24, 2.45) is 0 Å². The SMILES string of the molecule is Cc1nc(OCc2c(-c3c(Cl)cccc3Cl)noc2C(C)C)ccc1[N+](=O)[O-]. The summed E-state index contributed by atoms with van der Waals surface area (Å²) in [5.74, 6) is 0.951. The largest absolute Gasteiger partial charge is 0.473 e. The molecule has 0 aliphatic heterocycles. The molecule has 9 heteroatoms. The van der Waals surface area contributed by atoms with Crippen LogP contribution in [0.1, 0.15) is 36.8 Å². The Bertz CT molecular complexity index is 1010. The normalized spacial score (nSPS) is 11.1. The van der Waals surface area contributed by atoms with E-state index in [-0.39, 0.29) is 29.8 Å². The molecule has 0 saturated carbocycles. The smallest absolute Gasteiger partial charge is 0.290 e. The Hall–Kier alpha value is -2.64. The minimum atomic E-state index is -0.486. The van der Waals surface area contributed by atoms with Gasteiger partial charge in [-0.05, 0) is 19.1 Å². The second-order valence-corrected chi connectivity index (χ2v) is 7.24. The van der Waals surface area contributed by atoms with Gasteiger partial charge in [0.15, 0.2) is 0 Å². The van der Waals surface area contributed by atoms with Crippen LogP contribution in [0.5, 0.6) is 5.88 Å². The van der Waals surface area contributed by atoms with Crippen molar-refractivity contribution in [1.29, 1.82) is 0 Å². The van der Waals surface area contributed by atoms with Crippen molar-refractivity contribution in [2.45, 2.75) is 33.3 Å². The van der Waals surface area contributed by atoms with E-state index in [1.807, 2.05) is 13.8 Å². The quantitative estimate of drug-likeness (QED) is 0.359. The lowest BCUT2D eigenvalue weighted by Crippen LogP contribution is -2.03. The highest BCUT2D eigenvalue weighted by Gasteiger charge is 2.24. The maximum absolute atomic E-state index is 10.9. The fourth-order valence-corrected chi connectivity index (χ4v) is 3.36. The highest BCUT2D eigenvalue weighted by Crippen LogP contribution is 2.38. The maximum Gasteiger partial charge on any atom is 0.290 e. The Labute approximate surface area is 171 Å². The standard InChI is InChI=1S/C19H17Cl2N3O4/c1-10(2)19-12(9-27-16-8-7-15(24(25)26)11(3)22-16)18(23-28-19)17-13(20)5-4-6-14(17)21/h4-8,10H,9H2,1-3H3. The summed E-state index contributed by atoms with van der Waals surface area (Å²) in [5.41, 5.74) is 1.96. The number of aromatic nitrogens is 2. The molecular formula is C19H17Cl2N3O4. The zero-order chi connectivity index (χ0) is 20.4. The average Bonchev–Trinajstić information content (AvgIpc) is 3.03. The van der Waals surface area contributed by atoms with E-state index in [4.69, 9.17) is 32.5 Å². The number of hydrogen-bond acceptors (Lipinski definition) is 6. The van der Waals surface area contributed by atoms with Gasteiger partial charge in [0.05, 0.1) is 20.5 Å². The van der Waals surface area contributed by atoms with Gasteiger partial charge in [0, 0.05) is 23.6 Å². The topological polar surface area (TPSA) is 91.3 Å². The van der Waals surface area contributed by atoms with Crippen molar-refractivity contribution in [2.75, 3.05) is 0 Å². The molecule has 28 heavy (non-hydrogen) atoms. The number of benzene rings is 1. The Morgan fingerprint density at radius 2 is 1.89 bits per heavy atom. The summed E-state index contributed by atoms with van der Waals surface area (Å²) in [6.45, 7) is 5.59. The van der Waals surface area contributed by atoms with Gasteiger partial charge in [-0.25, -0.2) is 4.98 Å². The molecule has 0 fully saturated rings. The van der Waals surface area contributed by atoms with Crippen LogP contribution in [0.2, 0.25) is 10.0 Å². The van der Waals surface area contributed by atoms with Gasteiger partial charge in [0.2, 0.25) is 5.88 Å². The highest BCUT2D eigenvalue weighted by atomic mass is 35.5. The zero-order valence-electron chi connectivity index (χ0n) is 15.4. The second-order valence-electron chi connectivity index (χ2n) is 6.43. The lowest BCUT2D eigenvalue weighted by Gasteiger charge is -2.10. The van der Waals surface area contributed by atoms with Gasteiger partial charge >= 0.3 is 0 Å². The number of aryl methyl sites for hydroxylation is 1. The second kappa shape index (κ2) is 8.16. The fraction of sp³-hybridized carbons (Fsp3) is 0.263. The molecule has 7 nitrogen and oxygen atoms in total. The van der Waals surface area contributed by atoms with E-state index in [2.05, 4.69) is 10.1 Å². The number of nitrogens with zero attached hydrogens (tertiary/aromatic N) is 3. The molecule has 0 unspecified atom stereocenters. The third-order valence-electron chi connectivity index (χ3n) is 4.14. The molecule has 3 aromatic rings. The van der Waals surface area contributed by atoms with Crippen LogP contribution in [0.4, 0.5) is 5.69 Å². The molecule has 0 spiro atoms. The molecular weight excluding hydrogens is 405 g/mol. The molecule has 0 aliphatic carbocycles. The van der Waals surface area contributed by atoms with Crippen molar-refractivity contribution in [1.82, 2.24) is 10.1 Å². The van der Waals surface area contributed by atoms with E-state index in [1.54, 1.807) is 25.1 Å². The third kappa shape index (κ3) is 3.95. The molecule has 2 aromatic heterocycles. The lowest BCUT2D eigenvalue weighted by atomic mass is 10.0. The van der Waals surface area contributed by atoms with Crippen molar-refractivity contribution in [3.63, 3.8) is 0 Å². The van der Waals surface area contributed by atoms with Gasteiger partial charge < -0.3 is 9.26 Å². The maximum atomic E-state index is 10.9. The summed E-state index contributed by atoms with van der Waals surface area (Å²) in [6, 6.07) is 8.00. The van der Waals surface area contributed by atoms with Crippen molar-refractivity contribution >= 4 is 28.9 Å².